The zero-order valence-corrected chi connectivity index (χ0v) is 14.6. The molecule has 0 atom stereocenters. The zero-order valence-electron chi connectivity index (χ0n) is 13.8. The molecular weight excluding hydrogens is 322 g/mol. The van der Waals surface area contributed by atoms with E-state index in [9.17, 15) is 8.42 Å². The molecule has 3 aromatic rings. The van der Waals surface area contributed by atoms with E-state index in [4.69, 9.17) is 0 Å². The summed E-state index contributed by atoms with van der Waals surface area (Å²) in [4.78, 5) is 7.97. The maximum absolute atomic E-state index is 12.4. The average Bonchev–Trinajstić information content (AvgIpc) is 2.98. The molecule has 24 heavy (non-hydrogen) atoms. The summed E-state index contributed by atoms with van der Waals surface area (Å²) >= 11 is 0. The van der Waals surface area contributed by atoms with Crippen molar-refractivity contribution >= 4 is 21.1 Å². The van der Waals surface area contributed by atoms with E-state index >= 15 is 0 Å². The minimum absolute atomic E-state index is 0.252. The topological polar surface area (TPSA) is 74.8 Å². The van der Waals surface area contributed by atoms with Crippen LogP contribution in [0, 0.1) is 5.92 Å². The summed E-state index contributed by atoms with van der Waals surface area (Å²) in [5, 5.41) is 0. The van der Waals surface area contributed by atoms with Gasteiger partial charge in [-0.15, -0.1) is 0 Å². The summed E-state index contributed by atoms with van der Waals surface area (Å²) in [7, 11) is -3.50. The van der Waals surface area contributed by atoms with Crippen molar-refractivity contribution in [2.75, 3.05) is 6.54 Å². The first kappa shape index (κ1) is 16.7. The fourth-order valence-electron chi connectivity index (χ4n) is 2.45. The first-order chi connectivity index (χ1) is 11.5. The van der Waals surface area contributed by atoms with Crippen LogP contribution in [-0.2, 0) is 10.0 Å². The highest BCUT2D eigenvalue weighted by molar-refractivity contribution is 7.89. The normalized spacial score (nSPS) is 12.1. The summed E-state index contributed by atoms with van der Waals surface area (Å²) in [6.07, 6.45) is 0.809. The van der Waals surface area contributed by atoms with Gasteiger partial charge in [-0.3, -0.25) is 0 Å². The van der Waals surface area contributed by atoms with E-state index < -0.39 is 10.0 Å². The number of hydrogen-bond donors (Lipinski definition) is 2. The van der Waals surface area contributed by atoms with Gasteiger partial charge < -0.3 is 4.98 Å². The molecule has 3 rings (SSSR count). The Bertz CT molecular complexity index is 931. The molecule has 1 heterocycles. The predicted molar refractivity (Wildman–Crippen MR) is 96.2 cm³/mol. The van der Waals surface area contributed by atoms with Crippen LogP contribution in [0.15, 0.2) is 53.4 Å². The van der Waals surface area contributed by atoms with Gasteiger partial charge in [0.1, 0.15) is 5.82 Å². The number of nitrogens with zero attached hydrogens (tertiary/aromatic N) is 1. The van der Waals surface area contributed by atoms with Crippen molar-refractivity contribution in [2.45, 2.75) is 25.2 Å². The standard InChI is InChI=1S/C18H21N3O2S/c1-13(2)10-11-19-24(22,23)15-8-9-16-17(12-15)21-18(20-16)14-6-4-3-5-7-14/h3-9,12-13,19H,10-11H2,1-2H3,(H,20,21). The number of imidazole rings is 1. The van der Waals surface area contributed by atoms with E-state index in [-0.39, 0.29) is 4.90 Å². The molecule has 126 valence electrons. The van der Waals surface area contributed by atoms with Crippen molar-refractivity contribution in [3.8, 4) is 11.4 Å². The molecule has 0 bridgehead atoms. The Hall–Kier alpha value is -2.18. The van der Waals surface area contributed by atoms with Crippen molar-refractivity contribution in [3.63, 3.8) is 0 Å². The smallest absolute Gasteiger partial charge is 0.240 e. The Morgan fingerprint density at radius 3 is 2.58 bits per heavy atom. The molecule has 0 saturated heterocycles. The van der Waals surface area contributed by atoms with E-state index in [0.717, 1.165) is 23.3 Å². The number of aromatic amines is 1. The highest BCUT2D eigenvalue weighted by Gasteiger charge is 2.15. The monoisotopic (exact) mass is 343 g/mol. The van der Waals surface area contributed by atoms with Gasteiger partial charge >= 0.3 is 0 Å². The lowest BCUT2D eigenvalue weighted by Crippen LogP contribution is -2.25. The van der Waals surface area contributed by atoms with Crippen molar-refractivity contribution in [2.24, 2.45) is 5.92 Å². The van der Waals surface area contributed by atoms with Crippen molar-refractivity contribution in [3.05, 3.63) is 48.5 Å². The maximum atomic E-state index is 12.4. The first-order valence-corrected chi connectivity index (χ1v) is 9.49. The van der Waals surface area contributed by atoms with Gasteiger partial charge in [-0.1, -0.05) is 44.2 Å². The molecule has 0 spiro atoms. The van der Waals surface area contributed by atoms with E-state index in [1.165, 1.54) is 0 Å². The van der Waals surface area contributed by atoms with Crippen LogP contribution in [0.1, 0.15) is 20.3 Å². The largest absolute Gasteiger partial charge is 0.338 e. The lowest BCUT2D eigenvalue weighted by molar-refractivity contribution is 0.551. The molecule has 6 heteroatoms. The van der Waals surface area contributed by atoms with Gasteiger partial charge in [-0.25, -0.2) is 18.1 Å². The molecule has 0 aliphatic carbocycles. The van der Waals surface area contributed by atoms with E-state index in [2.05, 4.69) is 28.5 Å². The van der Waals surface area contributed by atoms with Crippen LogP contribution >= 0.6 is 0 Å². The van der Waals surface area contributed by atoms with Gasteiger partial charge in [0.25, 0.3) is 0 Å². The van der Waals surface area contributed by atoms with Gasteiger partial charge in [0.15, 0.2) is 0 Å². The van der Waals surface area contributed by atoms with Crippen LogP contribution in [0.4, 0.5) is 0 Å². The summed E-state index contributed by atoms with van der Waals surface area (Å²) in [5.41, 5.74) is 2.42. The number of sulfonamides is 1. The highest BCUT2D eigenvalue weighted by Crippen LogP contribution is 2.22. The Balaban J connectivity index is 1.88. The Morgan fingerprint density at radius 2 is 1.88 bits per heavy atom. The Morgan fingerprint density at radius 1 is 1.12 bits per heavy atom. The minimum Gasteiger partial charge on any atom is -0.338 e. The average molecular weight is 343 g/mol. The fourth-order valence-corrected chi connectivity index (χ4v) is 3.53. The quantitative estimate of drug-likeness (QED) is 0.719. The van der Waals surface area contributed by atoms with Crippen LogP contribution in [-0.4, -0.2) is 24.9 Å². The maximum Gasteiger partial charge on any atom is 0.240 e. The third kappa shape index (κ3) is 3.66. The van der Waals surface area contributed by atoms with Crippen molar-refractivity contribution in [1.29, 1.82) is 0 Å². The Kier molecular flexibility index (Phi) is 4.69. The van der Waals surface area contributed by atoms with E-state index in [1.54, 1.807) is 18.2 Å². The van der Waals surface area contributed by atoms with Crippen LogP contribution in [0.25, 0.3) is 22.4 Å². The third-order valence-corrected chi connectivity index (χ3v) is 5.28. The van der Waals surface area contributed by atoms with E-state index in [1.807, 2.05) is 30.3 Å². The molecule has 2 aromatic carbocycles. The first-order valence-electron chi connectivity index (χ1n) is 8.00. The lowest BCUT2D eigenvalue weighted by atomic mass is 10.1. The molecule has 5 nitrogen and oxygen atoms in total. The molecule has 0 saturated carbocycles. The van der Waals surface area contributed by atoms with Crippen LogP contribution in [0.2, 0.25) is 0 Å². The molecule has 0 aliphatic rings. The second-order valence-electron chi connectivity index (χ2n) is 6.21. The summed E-state index contributed by atoms with van der Waals surface area (Å²) in [5.74, 6) is 1.18. The molecule has 0 aliphatic heterocycles. The van der Waals surface area contributed by atoms with Gasteiger partial charge in [-0.05, 0) is 30.5 Å². The van der Waals surface area contributed by atoms with Crippen LogP contribution < -0.4 is 4.72 Å². The van der Waals surface area contributed by atoms with Crippen molar-refractivity contribution in [1.82, 2.24) is 14.7 Å². The number of aromatic nitrogens is 2. The Labute approximate surface area is 142 Å². The second-order valence-corrected chi connectivity index (χ2v) is 7.98. The number of H-pyrrole nitrogens is 1. The molecule has 2 N–H and O–H groups in total. The van der Waals surface area contributed by atoms with Gasteiger partial charge in [0, 0.05) is 12.1 Å². The van der Waals surface area contributed by atoms with Gasteiger partial charge in [0.2, 0.25) is 10.0 Å². The fraction of sp³-hybridized carbons (Fsp3) is 0.278. The highest BCUT2D eigenvalue weighted by atomic mass is 32.2. The van der Waals surface area contributed by atoms with Gasteiger partial charge in [-0.2, -0.15) is 0 Å². The summed E-state index contributed by atoms with van der Waals surface area (Å²) in [6, 6.07) is 14.7. The molecule has 0 unspecified atom stereocenters. The molecule has 0 radical (unpaired) electrons. The van der Waals surface area contributed by atoms with E-state index in [0.29, 0.717) is 18.0 Å². The number of benzene rings is 2. The number of fused-ring (bicyclic) bond motifs is 1. The summed E-state index contributed by atoms with van der Waals surface area (Å²) < 4.78 is 27.4. The third-order valence-electron chi connectivity index (χ3n) is 3.82. The number of nitrogens with one attached hydrogen (secondary N) is 2. The minimum atomic E-state index is -3.50. The van der Waals surface area contributed by atoms with Crippen LogP contribution in [0.3, 0.4) is 0 Å². The molecule has 1 aromatic heterocycles. The second kappa shape index (κ2) is 6.75. The summed E-state index contributed by atoms with van der Waals surface area (Å²) in [6.45, 7) is 4.57. The predicted octanol–water partition coefficient (Wildman–Crippen LogP) is 3.55. The number of rotatable bonds is 6. The molecule has 0 amide bonds. The zero-order chi connectivity index (χ0) is 17.2. The number of hydrogen-bond acceptors (Lipinski definition) is 3. The SMILES string of the molecule is CC(C)CCNS(=O)(=O)c1ccc2nc(-c3ccccc3)[nH]c2c1. The lowest BCUT2D eigenvalue weighted by Gasteiger charge is -2.08. The molecule has 0 fully saturated rings. The van der Waals surface area contributed by atoms with Crippen LogP contribution in [0.5, 0.6) is 0 Å². The molecular formula is C18H21N3O2S. The van der Waals surface area contributed by atoms with Crippen molar-refractivity contribution < 1.29 is 8.42 Å². The van der Waals surface area contributed by atoms with Gasteiger partial charge in [0.05, 0.1) is 15.9 Å².